The van der Waals surface area contributed by atoms with Crippen LogP contribution in [-0.2, 0) is 4.79 Å². The van der Waals surface area contributed by atoms with Crippen molar-refractivity contribution in [3.05, 3.63) is 0 Å². The second kappa shape index (κ2) is 4.30. The molecule has 4 nitrogen and oxygen atoms in total. The molecule has 1 aliphatic heterocycles. The van der Waals surface area contributed by atoms with Crippen LogP contribution >= 0.6 is 0 Å². The number of hydrogen-bond donors (Lipinski definition) is 0. The van der Waals surface area contributed by atoms with Gasteiger partial charge in [-0.15, -0.1) is 0 Å². The van der Waals surface area contributed by atoms with Crippen LogP contribution in [0.2, 0.25) is 0 Å². The van der Waals surface area contributed by atoms with Gasteiger partial charge in [0.25, 0.3) is 0 Å². The lowest BCUT2D eigenvalue weighted by Crippen LogP contribution is -2.68. The lowest BCUT2D eigenvalue weighted by molar-refractivity contribution is -0.153. The third-order valence-electron chi connectivity index (χ3n) is 3.60. The van der Waals surface area contributed by atoms with E-state index in [1.165, 1.54) is 0 Å². The minimum absolute atomic E-state index is 0.0534. The SMILES string of the molecule is CN1C(=O)C(CC#N)N(C(C)(C)C)CC1(C)C. The van der Waals surface area contributed by atoms with Gasteiger partial charge in [-0.1, -0.05) is 0 Å². The quantitative estimate of drug-likeness (QED) is 0.696. The topological polar surface area (TPSA) is 47.3 Å². The van der Waals surface area contributed by atoms with E-state index in [1.54, 1.807) is 4.90 Å². The van der Waals surface area contributed by atoms with Gasteiger partial charge in [0, 0.05) is 24.7 Å². The Morgan fingerprint density at radius 3 is 2.41 bits per heavy atom. The summed E-state index contributed by atoms with van der Waals surface area (Å²) in [6.07, 6.45) is 0.260. The Balaban J connectivity index is 3.10. The van der Waals surface area contributed by atoms with Crippen LogP contribution in [-0.4, -0.2) is 46.4 Å². The number of piperazine rings is 1. The molecule has 0 spiro atoms. The van der Waals surface area contributed by atoms with Crippen molar-refractivity contribution in [2.24, 2.45) is 0 Å². The molecule has 0 aromatic rings. The predicted octanol–water partition coefficient (Wildman–Crippen LogP) is 1.62. The summed E-state index contributed by atoms with van der Waals surface area (Å²) >= 11 is 0. The summed E-state index contributed by atoms with van der Waals surface area (Å²) in [5.74, 6) is 0.0534. The van der Waals surface area contributed by atoms with Gasteiger partial charge in [0.05, 0.1) is 12.5 Å². The molecule has 1 aliphatic rings. The van der Waals surface area contributed by atoms with E-state index in [4.69, 9.17) is 5.26 Å². The fourth-order valence-electron chi connectivity index (χ4n) is 2.28. The molecule has 0 radical (unpaired) electrons. The van der Waals surface area contributed by atoms with Gasteiger partial charge in [-0.05, 0) is 34.6 Å². The molecule has 1 amide bonds. The maximum atomic E-state index is 12.3. The maximum Gasteiger partial charge on any atom is 0.241 e. The third-order valence-corrected chi connectivity index (χ3v) is 3.60. The van der Waals surface area contributed by atoms with Crippen LogP contribution in [0.1, 0.15) is 41.0 Å². The van der Waals surface area contributed by atoms with Gasteiger partial charge < -0.3 is 4.90 Å². The zero-order valence-corrected chi connectivity index (χ0v) is 11.7. The smallest absolute Gasteiger partial charge is 0.241 e. The van der Waals surface area contributed by atoms with Crippen LogP contribution in [0.3, 0.4) is 0 Å². The highest BCUT2D eigenvalue weighted by Crippen LogP contribution is 2.30. The fourth-order valence-corrected chi connectivity index (χ4v) is 2.28. The normalized spacial score (nSPS) is 25.8. The molecule has 0 aliphatic carbocycles. The van der Waals surface area contributed by atoms with Crippen molar-refractivity contribution in [2.45, 2.75) is 58.2 Å². The van der Waals surface area contributed by atoms with Gasteiger partial charge in [-0.3, -0.25) is 9.69 Å². The highest BCUT2D eigenvalue weighted by Gasteiger charge is 2.46. The first-order valence-electron chi connectivity index (χ1n) is 6.02. The van der Waals surface area contributed by atoms with E-state index < -0.39 is 0 Å². The number of amides is 1. The molecule has 4 heteroatoms. The van der Waals surface area contributed by atoms with Crippen LogP contribution < -0.4 is 0 Å². The van der Waals surface area contributed by atoms with Gasteiger partial charge in [-0.25, -0.2) is 0 Å². The number of likely N-dealkylation sites (N-methyl/N-ethyl adjacent to an activating group) is 1. The standard InChI is InChI=1S/C13H23N3O/c1-12(2,3)16-9-13(4,5)15(6)11(17)10(16)7-8-14/h10H,7,9H2,1-6H3. The van der Waals surface area contributed by atoms with Gasteiger partial charge in [0.15, 0.2) is 0 Å². The molecule has 0 aromatic heterocycles. The van der Waals surface area contributed by atoms with Gasteiger partial charge in [0.2, 0.25) is 5.91 Å². The molecule has 0 N–H and O–H groups in total. The van der Waals surface area contributed by atoms with Gasteiger partial charge >= 0.3 is 0 Å². The second-order valence-electron chi connectivity index (χ2n) is 6.39. The Kier molecular flexibility index (Phi) is 3.54. The Hall–Kier alpha value is -1.08. The summed E-state index contributed by atoms with van der Waals surface area (Å²) in [4.78, 5) is 16.2. The Morgan fingerprint density at radius 2 is 2.00 bits per heavy atom. The fraction of sp³-hybridized carbons (Fsp3) is 0.846. The highest BCUT2D eigenvalue weighted by atomic mass is 16.2. The summed E-state index contributed by atoms with van der Waals surface area (Å²) in [7, 11) is 1.83. The zero-order valence-electron chi connectivity index (χ0n) is 11.7. The predicted molar refractivity (Wildman–Crippen MR) is 67.3 cm³/mol. The van der Waals surface area contributed by atoms with Crippen molar-refractivity contribution in [2.75, 3.05) is 13.6 Å². The van der Waals surface area contributed by atoms with E-state index in [0.717, 1.165) is 6.54 Å². The molecule has 17 heavy (non-hydrogen) atoms. The number of rotatable bonds is 1. The maximum absolute atomic E-state index is 12.3. The van der Waals surface area contributed by atoms with Crippen LogP contribution in [0, 0.1) is 11.3 Å². The largest absolute Gasteiger partial charge is 0.338 e. The lowest BCUT2D eigenvalue weighted by Gasteiger charge is -2.53. The first kappa shape index (κ1) is 14.0. The first-order valence-corrected chi connectivity index (χ1v) is 6.02. The monoisotopic (exact) mass is 237 g/mol. The van der Waals surface area contributed by atoms with Crippen molar-refractivity contribution in [3.8, 4) is 6.07 Å². The Bertz CT molecular complexity index is 349. The number of nitrogens with zero attached hydrogens (tertiary/aromatic N) is 3. The molecule has 1 unspecified atom stereocenters. The molecule has 1 heterocycles. The van der Waals surface area contributed by atoms with E-state index in [2.05, 4.69) is 45.6 Å². The summed E-state index contributed by atoms with van der Waals surface area (Å²) in [5.41, 5.74) is -0.286. The Labute approximate surface area is 104 Å². The van der Waals surface area contributed by atoms with Crippen molar-refractivity contribution >= 4 is 5.91 Å². The number of hydrogen-bond acceptors (Lipinski definition) is 3. The average Bonchev–Trinajstić information content (AvgIpc) is 2.17. The molecule has 1 atom stereocenters. The molecule has 0 aromatic carbocycles. The third kappa shape index (κ3) is 2.61. The number of carbonyl (C=O) groups excluding carboxylic acids is 1. The highest BCUT2D eigenvalue weighted by molar-refractivity contribution is 5.83. The first-order chi connectivity index (χ1) is 7.61. The zero-order chi connectivity index (χ0) is 13.4. The van der Waals surface area contributed by atoms with Gasteiger partial charge in [0.1, 0.15) is 6.04 Å². The van der Waals surface area contributed by atoms with Gasteiger partial charge in [-0.2, -0.15) is 5.26 Å². The van der Waals surface area contributed by atoms with Crippen molar-refractivity contribution in [1.29, 1.82) is 5.26 Å². The molecule has 96 valence electrons. The molecular weight excluding hydrogens is 214 g/mol. The Morgan fingerprint density at radius 1 is 1.47 bits per heavy atom. The molecule has 1 fully saturated rings. The van der Waals surface area contributed by atoms with E-state index in [0.29, 0.717) is 0 Å². The van der Waals surface area contributed by atoms with Crippen LogP contribution in [0.25, 0.3) is 0 Å². The molecule has 0 saturated carbocycles. The van der Waals surface area contributed by atoms with E-state index in [9.17, 15) is 4.79 Å². The summed E-state index contributed by atoms with van der Waals surface area (Å²) < 4.78 is 0. The van der Waals surface area contributed by atoms with E-state index in [1.807, 2.05) is 7.05 Å². The molecule has 1 rings (SSSR count). The van der Waals surface area contributed by atoms with Crippen LogP contribution in [0.5, 0.6) is 0 Å². The molecular formula is C13H23N3O. The minimum atomic E-state index is -0.307. The molecule has 0 bridgehead atoms. The second-order valence-corrected chi connectivity index (χ2v) is 6.39. The minimum Gasteiger partial charge on any atom is -0.338 e. The van der Waals surface area contributed by atoms with Crippen molar-refractivity contribution in [3.63, 3.8) is 0 Å². The molecule has 1 saturated heterocycles. The van der Waals surface area contributed by atoms with Crippen molar-refractivity contribution < 1.29 is 4.79 Å². The van der Waals surface area contributed by atoms with E-state index >= 15 is 0 Å². The summed E-state index contributed by atoms with van der Waals surface area (Å²) in [5, 5.41) is 8.89. The van der Waals surface area contributed by atoms with Crippen molar-refractivity contribution in [1.82, 2.24) is 9.80 Å². The van der Waals surface area contributed by atoms with Crippen LogP contribution in [0.4, 0.5) is 0 Å². The number of carbonyl (C=O) groups is 1. The van der Waals surface area contributed by atoms with Crippen LogP contribution in [0.15, 0.2) is 0 Å². The summed E-state index contributed by atoms with van der Waals surface area (Å²) in [6, 6.07) is 1.82. The lowest BCUT2D eigenvalue weighted by atomic mass is 9.89. The average molecular weight is 237 g/mol. The van der Waals surface area contributed by atoms with E-state index in [-0.39, 0.29) is 29.4 Å². The summed E-state index contributed by atoms with van der Waals surface area (Å²) in [6.45, 7) is 11.2. The number of nitriles is 1.